The molecule has 0 bridgehead atoms. The van der Waals surface area contributed by atoms with Gasteiger partial charge in [-0.3, -0.25) is 0 Å². The first-order chi connectivity index (χ1) is 4.33. The number of nitrogens with zero attached hydrogens (tertiary/aromatic N) is 1. The van der Waals surface area contributed by atoms with Crippen molar-refractivity contribution in [2.45, 2.75) is 18.9 Å². The van der Waals surface area contributed by atoms with Crippen molar-refractivity contribution in [1.82, 2.24) is 10.2 Å². The topological polar surface area (TPSA) is 15.3 Å². The molecule has 56 valence electrons. The number of piperidine rings is 1. The third-order valence-electron chi connectivity index (χ3n) is 2.13. The fourth-order valence-electron chi connectivity index (χ4n) is 1.30. The largest absolute Gasteiger partial charge is 0.317 e. The molecule has 0 saturated carbocycles. The fraction of sp³-hybridized carbons (Fsp3) is 1.00. The van der Waals surface area contributed by atoms with E-state index in [0.29, 0.717) is 0 Å². The van der Waals surface area contributed by atoms with E-state index in [-0.39, 0.29) is 1.43 Å². The van der Waals surface area contributed by atoms with E-state index in [1.165, 1.54) is 25.9 Å². The highest BCUT2D eigenvalue weighted by molar-refractivity contribution is 4.73. The molecule has 0 aromatic carbocycles. The zero-order valence-electron chi connectivity index (χ0n) is 6.35. The molecular weight excluding hydrogens is 112 g/mol. The summed E-state index contributed by atoms with van der Waals surface area (Å²) in [6.07, 6.45) is 2.62. The van der Waals surface area contributed by atoms with Gasteiger partial charge in [-0.2, -0.15) is 0 Å². The van der Waals surface area contributed by atoms with Crippen molar-refractivity contribution in [2.24, 2.45) is 0 Å². The van der Waals surface area contributed by atoms with E-state index >= 15 is 0 Å². The van der Waals surface area contributed by atoms with Crippen LogP contribution in [0.2, 0.25) is 0 Å². The lowest BCUT2D eigenvalue weighted by molar-refractivity contribution is 0.240. The van der Waals surface area contributed by atoms with Crippen LogP contribution in [0.5, 0.6) is 0 Å². The summed E-state index contributed by atoms with van der Waals surface area (Å²) in [5, 5.41) is 3.30. The molecule has 0 unspecified atom stereocenters. The van der Waals surface area contributed by atoms with Crippen LogP contribution in [0.4, 0.5) is 0 Å². The summed E-state index contributed by atoms with van der Waals surface area (Å²) in [6.45, 7) is 2.51. The number of likely N-dealkylation sites (tertiary alicyclic amines) is 1. The summed E-state index contributed by atoms with van der Waals surface area (Å²) in [5.74, 6) is 0. The van der Waals surface area contributed by atoms with E-state index in [1.807, 2.05) is 0 Å². The molecule has 0 spiro atoms. The van der Waals surface area contributed by atoms with Crippen LogP contribution in [0.15, 0.2) is 0 Å². The lowest BCUT2D eigenvalue weighted by Gasteiger charge is -2.28. The monoisotopic (exact) mass is 130 g/mol. The molecule has 1 N–H and O–H groups in total. The number of rotatable bonds is 1. The van der Waals surface area contributed by atoms with Crippen LogP contribution >= 0.6 is 0 Å². The Bertz CT molecular complexity index is 79.7. The smallest absolute Gasteiger partial charge is 0.00884 e. The summed E-state index contributed by atoms with van der Waals surface area (Å²) in [4.78, 5) is 2.38. The second-order valence-corrected chi connectivity index (χ2v) is 2.87. The van der Waals surface area contributed by atoms with E-state index in [1.54, 1.807) is 0 Å². The van der Waals surface area contributed by atoms with Crippen LogP contribution < -0.4 is 5.32 Å². The van der Waals surface area contributed by atoms with Crippen molar-refractivity contribution in [1.29, 1.82) is 0 Å². The first-order valence-electron chi connectivity index (χ1n) is 3.68. The number of nitrogens with one attached hydrogen (secondary N) is 1. The Kier molecular flexibility index (Phi) is 2.49. The molecule has 1 aliphatic rings. The highest BCUT2D eigenvalue weighted by Crippen LogP contribution is 2.06. The van der Waals surface area contributed by atoms with Gasteiger partial charge in [0.1, 0.15) is 0 Å². The molecule has 1 heterocycles. The molecule has 1 saturated heterocycles. The maximum atomic E-state index is 3.30. The van der Waals surface area contributed by atoms with Crippen LogP contribution in [0.25, 0.3) is 0 Å². The highest BCUT2D eigenvalue weighted by Gasteiger charge is 2.13. The Morgan fingerprint density at radius 2 is 2.00 bits per heavy atom. The van der Waals surface area contributed by atoms with Crippen LogP contribution in [-0.2, 0) is 0 Å². The summed E-state index contributed by atoms with van der Waals surface area (Å²) >= 11 is 0. The molecule has 1 aliphatic heterocycles. The Morgan fingerprint density at radius 1 is 1.44 bits per heavy atom. The minimum absolute atomic E-state index is 0. The zero-order chi connectivity index (χ0) is 6.69. The van der Waals surface area contributed by atoms with Crippen molar-refractivity contribution in [3.63, 3.8) is 0 Å². The molecule has 0 aromatic rings. The van der Waals surface area contributed by atoms with Gasteiger partial charge in [0.2, 0.25) is 0 Å². The molecule has 0 aliphatic carbocycles. The minimum atomic E-state index is 0. The van der Waals surface area contributed by atoms with Crippen molar-refractivity contribution >= 4 is 0 Å². The van der Waals surface area contributed by atoms with Gasteiger partial charge in [0.25, 0.3) is 0 Å². The lowest BCUT2D eigenvalue weighted by atomic mass is 10.1. The molecule has 0 atom stereocenters. The maximum absolute atomic E-state index is 3.30. The van der Waals surface area contributed by atoms with Gasteiger partial charge in [-0.05, 0) is 40.0 Å². The van der Waals surface area contributed by atoms with Gasteiger partial charge in [-0.1, -0.05) is 0 Å². The molecule has 2 heteroatoms. The third-order valence-corrected chi connectivity index (χ3v) is 2.13. The standard InChI is InChI=1S/C7H16N2.H2/c1-8-7-3-5-9(2)6-4-7;/h7-8H,3-6H2,1-2H3;1H. The Morgan fingerprint density at radius 3 is 2.44 bits per heavy atom. The molecule has 0 radical (unpaired) electrons. The number of hydrogen-bond acceptors (Lipinski definition) is 2. The first kappa shape index (κ1) is 7.03. The van der Waals surface area contributed by atoms with Crippen molar-refractivity contribution < 1.29 is 1.43 Å². The van der Waals surface area contributed by atoms with Gasteiger partial charge in [0, 0.05) is 7.47 Å². The molecule has 0 aromatic heterocycles. The average molecular weight is 130 g/mol. The lowest BCUT2D eigenvalue weighted by Crippen LogP contribution is -2.39. The number of hydrogen-bond donors (Lipinski definition) is 1. The third kappa shape index (κ3) is 1.95. The second kappa shape index (κ2) is 3.18. The van der Waals surface area contributed by atoms with Gasteiger partial charge < -0.3 is 10.2 Å². The highest BCUT2D eigenvalue weighted by atomic mass is 15.1. The van der Waals surface area contributed by atoms with Crippen LogP contribution in [0.1, 0.15) is 14.3 Å². The summed E-state index contributed by atoms with van der Waals surface area (Å²) < 4.78 is 0. The maximum Gasteiger partial charge on any atom is 0.00884 e. The zero-order valence-corrected chi connectivity index (χ0v) is 6.35. The summed E-state index contributed by atoms with van der Waals surface area (Å²) in [7, 11) is 4.24. The van der Waals surface area contributed by atoms with E-state index < -0.39 is 0 Å². The predicted octanol–water partition coefficient (Wildman–Crippen LogP) is 0.546. The molecule has 9 heavy (non-hydrogen) atoms. The van der Waals surface area contributed by atoms with Crippen molar-refractivity contribution in [2.75, 3.05) is 27.2 Å². The molecule has 1 fully saturated rings. The fourth-order valence-corrected chi connectivity index (χ4v) is 1.30. The van der Waals surface area contributed by atoms with Crippen LogP contribution in [0, 0.1) is 0 Å². The van der Waals surface area contributed by atoms with Gasteiger partial charge in [0.15, 0.2) is 0 Å². The van der Waals surface area contributed by atoms with Gasteiger partial charge >= 0.3 is 0 Å². The van der Waals surface area contributed by atoms with Gasteiger partial charge in [-0.25, -0.2) is 0 Å². The summed E-state index contributed by atoms with van der Waals surface area (Å²) in [6, 6.07) is 0.779. The second-order valence-electron chi connectivity index (χ2n) is 2.87. The predicted molar refractivity (Wildman–Crippen MR) is 41.7 cm³/mol. The quantitative estimate of drug-likeness (QED) is 0.557. The Labute approximate surface area is 58.7 Å². The van der Waals surface area contributed by atoms with Gasteiger partial charge in [0.05, 0.1) is 0 Å². The first-order valence-corrected chi connectivity index (χ1v) is 3.68. The Hall–Kier alpha value is -0.0800. The molecule has 1 rings (SSSR count). The van der Waals surface area contributed by atoms with Crippen molar-refractivity contribution in [3.05, 3.63) is 0 Å². The average Bonchev–Trinajstić information content (AvgIpc) is 1.90. The van der Waals surface area contributed by atoms with E-state index in [2.05, 4.69) is 24.3 Å². The minimum Gasteiger partial charge on any atom is -0.317 e. The molecule has 2 nitrogen and oxygen atoms in total. The van der Waals surface area contributed by atoms with E-state index in [4.69, 9.17) is 0 Å². The van der Waals surface area contributed by atoms with Crippen LogP contribution in [0.3, 0.4) is 0 Å². The van der Waals surface area contributed by atoms with Gasteiger partial charge in [-0.15, -0.1) is 0 Å². The van der Waals surface area contributed by atoms with E-state index in [9.17, 15) is 0 Å². The molecule has 0 amide bonds. The van der Waals surface area contributed by atoms with Crippen molar-refractivity contribution in [3.8, 4) is 0 Å². The summed E-state index contributed by atoms with van der Waals surface area (Å²) in [5.41, 5.74) is 0. The van der Waals surface area contributed by atoms with E-state index in [0.717, 1.165) is 6.04 Å². The Balaban J connectivity index is 0.000000810. The van der Waals surface area contributed by atoms with Crippen LogP contribution in [-0.4, -0.2) is 38.1 Å². The molecular formula is C7H18N2. The normalized spacial score (nSPS) is 24.7. The SMILES string of the molecule is CNC1CCN(C)CC1.[HH].